The summed E-state index contributed by atoms with van der Waals surface area (Å²) >= 11 is 0. The number of aromatic nitrogens is 3. The van der Waals surface area contributed by atoms with Gasteiger partial charge < -0.3 is 21.4 Å². The number of hydrogen-bond acceptors (Lipinski definition) is 5. The number of rotatable bonds is 3. The second-order valence-corrected chi connectivity index (χ2v) is 8.34. The lowest BCUT2D eigenvalue weighted by Crippen LogP contribution is -2.40. The first-order valence-electron chi connectivity index (χ1n) is 10.6. The average molecular weight is 434 g/mol. The van der Waals surface area contributed by atoms with Crippen LogP contribution in [0.25, 0.3) is 33.5 Å². The van der Waals surface area contributed by atoms with Crippen molar-refractivity contribution >= 4 is 22.5 Å². The van der Waals surface area contributed by atoms with E-state index in [4.69, 9.17) is 11.5 Å². The zero-order chi connectivity index (χ0) is 22.4. The molecule has 1 saturated heterocycles. The van der Waals surface area contributed by atoms with Crippen molar-refractivity contribution < 1.29 is 8.78 Å². The van der Waals surface area contributed by atoms with Crippen LogP contribution in [0.15, 0.2) is 42.6 Å². The fourth-order valence-electron chi connectivity index (χ4n) is 4.42. The molecule has 4 aromatic rings. The minimum atomic E-state index is -0.418. The van der Waals surface area contributed by atoms with Crippen LogP contribution in [-0.4, -0.2) is 34.1 Å². The van der Waals surface area contributed by atoms with Gasteiger partial charge in [0.25, 0.3) is 0 Å². The number of para-hydroxylation sites is 1. The number of hydrogen-bond donors (Lipinski definition) is 3. The third-order valence-corrected chi connectivity index (χ3v) is 5.99. The van der Waals surface area contributed by atoms with Crippen molar-refractivity contribution in [3.8, 4) is 22.5 Å². The number of fused-ring (bicyclic) bond motifs is 1. The van der Waals surface area contributed by atoms with Crippen LogP contribution in [0.4, 0.5) is 20.3 Å². The summed E-state index contributed by atoms with van der Waals surface area (Å²) in [7, 11) is 0. The zero-order valence-electron chi connectivity index (χ0n) is 17.7. The first-order chi connectivity index (χ1) is 15.4. The predicted molar refractivity (Wildman–Crippen MR) is 123 cm³/mol. The molecule has 0 amide bonds. The van der Waals surface area contributed by atoms with Gasteiger partial charge in [0, 0.05) is 30.9 Å². The Morgan fingerprint density at radius 3 is 2.62 bits per heavy atom. The van der Waals surface area contributed by atoms with Crippen molar-refractivity contribution in [1.29, 1.82) is 0 Å². The quantitative estimate of drug-likeness (QED) is 0.444. The van der Waals surface area contributed by atoms with E-state index in [0.717, 1.165) is 29.7 Å². The maximum Gasteiger partial charge on any atom is 0.151 e. The molecule has 8 heteroatoms. The zero-order valence-corrected chi connectivity index (χ0v) is 17.7. The van der Waals surface area contributed by atoms with Crippen molar-refractivity contribution in [3.63, 3.8) is 0 Å². The lowest BCUT2D eigenvalue weighted by Gasteiger charge is -2.34. The van der Waals surface area contributed by atoms with Gasteiger partial charge in [0.1, 0.15) is 23.0 Å². The molecule has 0 saturated carbocycles. The number of halogens is 2. The van der Waals surface area contributed by atoms with Gasteiger partial charge in [0.2, 0.25) is 0 Å². The van der Waals surface area contributed by atoms with E-state index in [2.05, 4.69) is 19.9 Å². The summed E-state index contributed by atoms with van der Waals surface area (Å²) in [4.78, 5) is 14.3. The second kappa shape index (κ2) is 7.87. The molecular weight excluding hydrogens is 410 g/mol. The fourth-order valence-corrected chi connectivity index (χ4v) is 4.42. The third kappa shape index (κ3) is 3.56. The number of aromatic amines is 1. The van der Waals surface area contributed by atoms with E-state index >= 15 is 0 Å². The summed E-state index contributed by atoms with van der Waals surface area (Å²) in [6, 6.07) is 9.77. The van der Waals surface area contributed by atoms with Gasteiger partial charge in [-0.25, -0.2) is 18.7 Å². The molecule has 32 heavy (non-hydrogen) atoms. The first-order valence-corrected chi connectivity index (χ1v) is 10.6. The van der Waals surface area contributed by atoms with Gasteiger partial charge in [0.15, 0.2) is 5.82 Å². The number of pyridine rings is 1. The Morgan fingerprint density at radius 1 is 1.12 bits per heavy atom. The fraction of sp³-hybridized carbons (Fsp3) is 0.250. The van der Waals surface area contributed by atoms with Crippen LogP contribution < -0.4 is 16.4 Å². The summed E-state index contributed by atoms with van der Waals surface area (Å²) < 4.78 is 28.6. The van der Waals surface area contributed by atoms with E-state index in [1.165, 1.54) is 18.2 Å². The van der Waals surface area contributed by atoms with E-state index in [-0.39, 0.29) is 23.2 Å². The Kier molecular flexibility index (Phi) is 5.01. The molecule has 3 heterocycles. The number of benzene rings is 2. The molecule has 0 spiro atoms. The largest absolute Gasteiger partial charge is 0.383 e. The minimum absolute atomic E-state index is 0.133. The second-order valence-electron chi connectivity index (χ2n) is 8.34. The molecule has 0 unspecified atom stereocenters. The standard InChI is InChI=1S/C24H24F2N6/c1-13-9-14(11-15(25)10-13)17-12-29-23(28)20(22(17)32-7-5-16(27)6-8-32)24-30-19-4-2-3-18(26)21(19)31-24/h2-4,9-12,16H,5-8,27H2,1H3,(H2,28,29)(H,30,31). The number of nitrogens with two attached hydrogens (primary N) is 2. The first kappa shape index (κ1) is 20.4. The maximum atomic E-state index is 14.4. The number of piperidine rings is 1. The van der Waals surface area contributed by atoms with Gasteiger partial charge in [-0.3, -0.25) is 0 Å². The molecule has 164 valence electrons. The van der Waals surface area contributed by atoms with Crippen molar-refractivity contribution in [2.24, 2.45) is 5.73 Å². The summed E-state index contributed by atoms with van der Waals surface area (Å²) in [5, 5.41) is 0. The molecule has 0 atom stereocenters. The third-order valence-electron chi connectivity index (χ3n) is 5.99. The number of imidazole rings is 1. The number of aryl methyl sites for hydroxylation is 1. The molecule has 0 bridgehead atoms. The highest BCUT2D eigenvalue weighted by Crippen LogP contribution is 2.43. The van der Waals surface area contributed by atoms with Gasteiger partial charge in [-0.15, -0.1) is 0 Å². The van der Waals surface area contributed by atoms with Crippen LogP contribution in [0.2, 0.25) is 0 Å². The molecular formula is C24H24F2N6. The van der Waals surface area contributed by atoms with Crippen LogP contribution in [0, 0.1) is 18.6 Å². The van der Waals surface area contributed by atoms with Gasteiger partial charge in [0.05, 0.1) is 16.8 Å². The van der Waals surface area contributed by atoms with E-state index in [0.29, 0.717) is 35.6 Å². The van der Waals surface area contributed by atoms with Crippen molar-refractivity contribution in [2.45, 2.75) is 25.8 Å². The predicted octanol–water partition coefficient (Wildman–Crippen LogP) is 4.39. The highest BCUT2D eigenvalue weighted by Gasteiger charge is 2.27. The van der Waals surface area contributed by atoms with E-state index in [9.17, 15) is 8.78 Å². The number of nitrogen functional groups attached to an aromatic ring is 1. The van der Waals surface area contributed by atoms with Gasteiger partial charge in [-0.2, -0.15) is 0 Å². The molecule has 2 aromatic carbocycles. The molecule has 1 aliphatic rings. The lowest BCUT2D eigenvalue weighted by molar-refractivity contribution is 0.501. The van der Waals surface area contributed by atoms with Crippen LogP contribution in [0.1, 0.15) is 18.4 Å². The summed E-state index contributed by atoms with van der Waals surface area (Å²) in [6.07, 6.45) is 3.30. The number of H-pyrrole nitrogens is 1. The molecule has 0 radical (unpaired) electrons. The van der Waals surface area contributed by atoms with E-state index in [1.807, 2.05) is 13.0 Å². The Morgan fingerprint density at radius 2 is 1.91 bits per heavy atom. The highest BCUT2D eigenvalue weighted by molar-refractivity contribution is 5.95. The normalized spacial score (nSPS) is 14.9. The average Bonchev–Trinajstić information content (AvgIpc) is 3.18. The van der Waals surface area contributed by atoms with Gasteiger partial charge in [-0.1, -0.05) is 12.1 Å². The number of nitrogens with one attached hydrogen (secondary N) is 1. The maximum absolute atomic E-state index is 14.4. The number of nitrogens with zero attached hydrogens (tertiary/aromatic N) is 3. The molecule has 5 rings (SSSR count). The van der Waals surface area contributed by atoms with Crippen LogP contribution >= 0.6 is 0 Å². The monoisotopic (exact) mass is 434 g/mol. The summed E-state index contributed by atoms with van der Waals surface area (Å²) in [5.41, 5.74) is 16.9. The number of anilines is 2. The smallest absolute Gasteiger partial charge is 0.151 e. The Hall–Kier alpha value is -3.52. The molecule has 6 nitrogen and oxygen atoms in total. The van der Waals surface area contributed by atoms with Crippen molar-refractivity contribution in [2.75, 3.05) is 23.7 Å². The van der Waals surface area contributed by atoms with E-state index in [1.54, 1.807) is 18.3 Å². The van der Waals surface area contributed by atoms with Crippen molar-refractivity contribution in [3.05, 3.63) is 59.8 Å². The van der Waals surface area contributed by atoms with Crippen LogP contribution in [0.3, 0.4) is 0 Å². The Bertz CT molecular complexity index is 1290. The van der Waals surface area contributed by atoms with Crippen molar-refractivity contribution in [1.82, 2.24) is 15.0 Å². The molecule has 5 N–H and O–H groups in total. The van der Waals surface area contributed by atoms with Crippen LogP contribution in [-0.2, 0) is 0 Å². The topological polar surface area (TPSA) is 96.8 Å². The lowest BCUT2D eigenvalue weighted by atomic mass is 9.97. The summed E-state index contributed by atoms with van der Waals surface area (Å²) in [5.74, 6) is -0.0455. The van der Waals surface area contributed by atoms with Gasteiger partial charge >= 0.3 is 0 Å². The Balaban J connectivity index is 1.77. The molecule has 1 aliphatic heterocycles. The minimum Gasteiger partial charge on any atom is -0.383 e. The van der Waals surface area contributed by atoms with Crippen LogP contribution in [0.5, 0.6) is 0 Å². The molecule has 1 fully saturated rings. The van der Waals surface area contributed by atoms with E-state index < -0.39 is 5.82 Å². The SMILES string of the molecule is Cc1cc(F)cc(-c2cnc(N)c(-c3nc4c(F)cccc4[nH]3)c2N2CCC(N)CC2)c1. The highest BCUT2D eigenvalue weighted by atomic mass is 19.1. The van der Waals surface area contributed by atoms with Gasteiger partial charge in [-0.05, 0) is 55.2 Å². The summed E-state index contributed by atoms with van der Waals surface area (Å²) in [6.45, 7) is 3.28. The Labute approximate surface area is 184 Å². The molecule has 2 aromatic heterocycles. The molecule has 0 aliphatic carbocycles.